The van der Waals surface area contributed by atoms with E-state index < -0.39 is 6.10 Å². The Morgan fingerprint density at radius 3 is 3.00 bits per heavy atom. The highest BCUT2D eigenvalue weighted by Crippen LogP contribution is 2.19. The molecule has 0 aromatic carbocycles. The maximum Gasteiger partial charge on any atom is 0.257 e. The number of aliphatic hydroxyl groups is 1. The van der Waals surface area contributed by atoms with E-state index in [1.165, 1.54) is 23.4 Å². The Labute approximate surface area is 87.0 Å². The molecule has 5 heteroatoms. The number of amides is 1. The van der Waals surface area contributed by atoms with Gasteiger partial charge in [-0.2, -0.15) is 0 Å². The monoisotopic (exact) mass is 208 g/mol. The minimum absolute atomic E-state index is 0.121. The van der Waals surface area contributed by atoms with Crippen LogP contribution in [0.1, 0.15) is 16.8 Å². The summed E-state index contributed by atoms with van der Waals surface area (Å²) >= 11 is 0. The molecule has 1 amide bonds. The average molecular weight is 208 g/mol. The summed E-state index contributed by atoms with van der Waals surface area (Å²) < 4.78 is 0. The number of β-amino-alcohol motifs (C(OH)–C–C–N with tert-alkyl or cyclic N) is 1. The van der Waals surface area contributed by atoms with E-state index in [4.69, 9.17) is 0 Å². The molecule has 0 spiro atoms. The Hall–Kier alpha value is -1.62. The maximum atomic E-state index is 11.8. The molecule has 1 fully saturated rings. The molecule has 0 saturated carbocycles. The summed E-state index contributed by atoms with van der Waals surface area (Å²) in [6.45, 7) is 0.863. The van der Waals surface area contributed by atoms with E-state index >= 15 is 0 Å². The molecule has 1 aromatic rings. The number of likely N-dealkylation sites (tertiary alicyclic amines) is 1. The largest absolute Gasteiger partial charge is 0.505 e. The molecule has 1 saturated heterocycles. The van der Waals surface area contributed by atoms with E-state index in [0.717, 1.165) is 0 Å². The zero-order valence-corrected chi connectivity index (χ0v) is 8.13. The maximum absolute atomic E-state index is 11.8. The summed E-state index contributed by atoms with van der Waals surface area (Å²) in [5, 5.41) is 18.7. The number of carbonyl (C=O) groups is 1. The van der Waals surface area contributed by atoms with Crippen LogP contribution in [-0.4, -0.2) is 45.2 Å². The van der Waals surface area contributed by atoms with Crippen molar-refractivity contribution >= 4 is 5.91 Å². The first-order valence-corrected chi connectivity index (χ1v) is 4.79. The summed E-state index contributed by atoms with van der Waals surface area (Å²) in [5.41, 5.74) is 0.235. The highest BCUT2D eigenvalue weighted by molar-refractivity contribution is 5.96. The van der Waals surface area contributed by atoms with Crippen molar-refractivity contribution in [2.45, 2.75) is 12.5 Å². The Balaban J connectivity index is 2.18. The molecule has 0 bridgehead atoms. The smallest absolute Gasteiger partial charge is 0.257 e. The van der Waals surface area contributed by atoms with Crippen LogP contribution in [0.4, 0.5) is 0 Å². The number of hydrogen-bond acceptors (Lipinski definition) is 4. The van der Waals surface area contributed by atoms with Gasteiger partial charge in [-0.05, 0) is 12.5 Å². The zero-order valence-electron chi connectivity index (χ0n) is 8.13. The molecule has 1 aromatic heterocycles. The molecule has 2 heterocycles. The predicted octanol–water partition coefficient (Wildman–Crippen LogP) is -0.00600. The molecular formula is C10H12N2O3. The van der Waals surface area contributed by atoms with Gasteiger partial charge in [-0.15, -0.1) is 0 Å². The van der Waals surface area contributed by atoms with Crippen molar-refractivity contribution in [1.29, 1.82) is 0 Å². The second kappa shape index (κ2) is 3.86. The molecule has 1 atom stereocenters. The van der Waals surface area contributed by atoms with Gasteiger partial charge >= 0.3 is 0 Å². The predicted molar refractivity (Wildman–Crippen MR) is 52.4 cm³/mol. The van der Waals surface area contributed by atoms with Gasteiger partial charge in [0.2, 0.25) is 0 Å². The summed E-state index contributed by atoms with van der Waals surface area (Å²) in [7, 11) is 0. The molecule has 1 aliphatic heterocycles. The van der Waals surface area contributed by atoms with Crippen LogP contribution in [0, 0.1) is 0 Å². The van der Waals surface area contributed by atoms with Crippen molar-refractivity contribution in [1.82, 2.24) is 9.88 Å². The fourth-order valence-corrected chi connectivity index (χ4v) is 1.66. The van der Waals surface area contributed by atoms with E-state index in [0.29, 0.717) is 19.5 Å². The summed E-state index contributed by atoms with van der Waals surface area (Å²) in [6.07, 6.45) is 2.84. The van der Waals surface area contributed by atoms with Crippen LogP contribution in [0.15, 0.2) is 18.5 Å². The summed E-state index contributed by atoms with van der Waals surface area (Å²) in [6, 6.07) is 1.47. The van der Waals surface area contributed by atoms with Gasteiger partial charge in [0.25, 0.3) is 5.91 Å². The van der Waals surface area contributed by atoms with Crippen molar-refractivity contribution in [3.63, 3.8) is 0 Å². The molecule has 2 N–H and O–H groups in total. The van der Waals surface area contributed by atoms with Gasteiger partial charge in [-0.3, -0.25) is 9.78 Å². The third-order valence-corrected chi connectivity index (χ3v) is 2.48. The zero-order chi connectivity index (χ0) is 10.8. The highest BCUT2D eigenvalue weighted by Gasteiger charge is 2.26. The third-order valence-electron chi connectivity index (χ3n) is 2.48. The average Bonchev–Trinajstić information content (AvgIpc) is 2.65. The summed E-state index contributed by atoms with van der Waals surface area (Å²) in [5.74, 6) is -0.379. The second-order valence-electron chi connectivity index (χ2n) is 3.59. The molecular weight excluding hydrogens is 196 g/mol. The van der Waals surface area contributed by atoms with E-state index in [2.05, 4.69) is 4.98 Å². The number of aliphatic hydroxyl groups excluding tert-OH is 1. The van der Waals surface area contributed by atoms with E-state index in [-0.39, 0.29) is 17.2 Å². The van der Waals surface area contributed by atoms with Gasteiger partial charge in [0.15, 0.2) is 0 Å². The first-order valence-electron chi connectivity index (χ1n) is 4.79. The fraction of sp³-hybridized carbons (Fsp3) is 0.400. The van der Waals surface area contributed by atoms with Crippen LogP contribution >= 0.6 is 0 Å². The van der Waals surface area contributed by atoms with Gasteiger partial charge in [0.05, 0.1) is 17.9 Å². The van der Waals surface area contributed by atoms with E-state index in [1.54, 1.807) is 0 Å². The van der Waals surface area contributed by atoms with Gasteiger partial charge in [0, 0.05) is 19.3 Å². The highest BCUT2D eigenvalue weighted by atomic mass is 16.3. The Morgan fingerprint density at radius 1 is 1.60 bits per heavy atom. The first-order chi connectivity index (χ1) is 7.18. The standard InChI is InChI=1S/C10H12N2O3/c13-7-2-4-12(6-7)10(15)8-1-3-11-5-9(8)14/h1,3,5,7,13-14H,2,4,6H2/t7-/m1/s1. The van der Waals surface area contributed by atoms with Gasteiger partial charge in [0.1, 0.15) is 5.75 Å². The van der Waals surface area contributed by atoms with Crippen LogP contribution < -0.4 is 0 Å². The molecule has 0 radical (unpaired) electrons. The fourth-order valence-electron chi connectivity index (χ4n) is 1.66. The van der Waals surface area contributed by atoms with Crippen molar-refractivity contribution in [2.24, 2.45) is 0 Å². The van der Waals surface area contributed by atoms with Crippen LogP contribution in [0.25, 0.3) is 0 Å². The Morgan fingerprint density at radius 2 is 2.40 bits per heavy atom. The first kappa shape index (κ1) is 9.92. The van der Waals surface area contributed by atoms with Crippen LogP contribution in [0.3, 0.4) is 0 Å². The lowest BCUT2D eigenvalue weighted by Gasteiger charge is -2.15. The SMILES string of the molecule is O=C(c1ccncc1O)N1CC[C@@H](O)C1. The summed E-state index contributed by atoms with van der Waals surface area (Å²) in [4.78, 5) is 17.1. The quantitative estimate of drug-likeness (QED) is 0.681. The number of rotatable bonds is 1. The molecule has 15 heavy (non-hydrogen) atoms. The minimum Gasteiger partial charge on any atom is -0.505 e. The lowest BCUT2D eigenvalue weighted by Crippen LogP contribution is -2.29. The topological polar surface area (TPSA) is 73.7 Å². The van der Waals surface area contributed by atoms with Crippen molar-refractivity contribution in [2.75, 3.05) is 13.1 Å². The van der Waals surface area contributed by atoms with E-state index in [9.17, 15) is 15.0 Å². The number of pyridine rings is 1. The number of carbonyl (C=O) groups excluding carboxylic acids is 1. The number of nitrogens with zero attached hydrogens (tertiary/aromatic N) is 2. The second-order valence-corrected chi connectivity index (χ2v) is 3.59. The molecule has 80 valence electrons. The number of aromatic hydroxyl groups is 1. The molecule has 2 rings (SSSR count). The van der Waals surface area contributed by atoms with Crippen LogP contribution in [0.2, 0.25) is 0 Å². The van der Waals surface area contributed by atoms with Crippen molar-refractivity contribution in [3.8, 4) is 5.75 Å². The van der Waals surface area contributed by atoms with Crippen LogP contribution in [-0.2, 0) is 0 Å². The molecule has 0 aliphatic carbocycles. The molecule has 1 aliphatic rings. The van der Waals surface area contributed by atoms with Gasteiger partial charge in [-0.25, -0.2) is 0 Å². The number of aromatic nitrogens is 1. The van der Waals surface area contributed by atoms with E-state index in [1.807, 2.05) is 0 Å². The van der Waals surface area contributed by atoms with Crippen LogP contribution in [0.5, 0.6) is 5.75 Å². The number of hydrogen-bond donors (Lipinski definition) is 2. The Kier molecular flexibility index (Phi) is 2.55. The third kappa shape index (κ3) is 1.92. The lowest BCUT2D eigenvalue weighted by atomic mass is 10.2. The molecule has 0 unspecified atom stereocenters. The molecule has 5 nitrogen and oxygen atoms in total. The van der Waals surface area contributed by atoms with Gasteiger partial charge < -0.3 is 15.1 Å². The Bertz CT molecular complexity index is 381. The van der Waals surface area contributed by atoms with Gasteiger partial charge in [-0.1, -0.05) is 0 Å². The van der Waals surface area contributed by atoms with Crippen molar-refractivity contribution in [3.05, 3.63) is 24.0 Å². The minimum atomic E-state index is -0.446. The lowest BCUT2D eigenvalue weighted by molar-refractivity contribution is 0.0762. The van der Waals surface area contributed by atoms with Crippen molar-refractivity contribution < 1.29 is 15.0 Å². The normalized spacial score (nSPS) is 20.6.